The number of fused-ring (bicyclic) bond motifs is 2. The van der Waals surface area contributed by atoms with E-state index >= 15 is 0 Å². The number of carbonyl (C=O) groups excluding carboxylic acids is 1. The van der Waals surface area contributed by atoms with Gasteiger partial charge in [0.05, 0.1) is 22.9 Å². The summed E-state index contributed by atoms with van der Waals surface area (Å²) in [7, 11) is 1.61. The van der Waals surface area contributed by atoms with E-state index in [9.17, 15) is 4.79 Å². The van der Waals surface area contributed by atoms with Gasteiger partial charge in [-0.15, -0.1) is 12.4 Å². The maximum absolute atomic E-state index is 13.9. The molecule has 0 unspecified atom stereocenters. The van der Waals surface area contributed by atoms with Crippen LogP contribution in [0.1, 0.15) is 29.8 Å². The van der Waals surface area contributed by atoms with Crippen molar-refractivity contribution >= 4 is 55.8 Å². The maximum atomic E-state index is 13.9. The molecule has 4 rings (SSSR count). The second kappa shape index (κ2) is 11.0. The highest BCUT2D eigenvalue weighted by molar-refractivity contribution is 7.22. The zero-order valence-corrected chi connectivity index (χ0v) is 21.1. The van der Waals surface area contributed by atoms with Crippen LogP contribution in [0.4, 0.5) is 5.13 Å². The molecule has 0 saturated heterocycles. The van der Waals surface area contributed by atoms with Crippen molar-refractivity contribution in [1.82, 2.24) is 9.88 Å². The van der Waals surface area contributed by atoms with Crippen molar-refractivity contribution < 1.29 is 9.53 Å². The van der Waals surface area contributed by atoms with Crippen molar-refractivity contribution in [2.75, 3.05) is 38.2 Å². The fourth-order valence-electron chi connectivity index (χ4n) is 3.90. The van der Waals surface area contributed by atoms with Gasteiger partial charge in [-0.05, 0) is 60.6 Å². The fraction of sp³-hybridized carbons (Fsp3) is 0.308. The van der Waals surface area contributed by atoms with Crippen molar-refractivity contribution in [2.45, 2.75) is 20.8 Å². The van der Waals surface area contributed by atoms with Crippen LogP contribution in [0.5, 0.6) is 5.75 Å². The molecular formula is C26H30ClN3O2S. The standard InChI is InChI=1S/C26H29N3O2S.ClH/c1-5-28(6-2)13-14-29(26-27-22-12-11-18(3)15-24(22)32-26)25(30)21-16-19-9-7-8-10-20(19)17-23(21)31-4;/h7-12,15-17H,5-6,13-14H2,1-4H3;1H. The summed E-state index contributed by atoms with van der Waals surface area (Å²) in [5.41, 5.74) is 2.66. The van der Waals surface area contributed by atoms with Gasteiger partial charge in [-0.25, -0.2) is 4.98 Å². The number of ether oxygens (including phenoxy) is 1. The number of rotatable bonds is 8. The van der Waals surface area contributed by atoms with Crippen LogP contribution in [0.2, 0.25) is 0 Å². The summed E-state index contributed by atoms with van der Waals surface area (Å²) < 4.78 is 6.72. The molecule has 174 valence electrons. The number of nitrogens with zero attached hydrogens (tertiary/aromatic N) is 3. The normalized spacial score (nSPS) is 11.1. The van der Waals surface area contributed by atoms with Gasteiger partial charge in [0.2, 0.25) is 0 Å². The number of aryl methyl sites for hydroxylation is 1. The molecular weight excluding hydrogens is 454 g/mol. The summed E-state index contributed by atoms with van der Waals surface area (Å²) in [5, 5.41) is 2.78. The molecule has 3 aromatic carbocycles. The number of methoxy groups -OCH3 is 1. The van der Waals surface area contributed by atoms with Crippen molar-refractivity contribution in [3.8, 4) is 5.75 Å². The maximum Gasteiger partial charge on any atom is 0.263 e. The van der Waals surface area contributed by atoms with Gasteiger partial charge in [-0.3, -0.25) is 9.69 Å². The Morgan fingerprint density at radius 1 is 1.00 bits per heavy atom. The van der Waals surface area contributed by atoms with Crippen molar-refractivity contribution in [3.05, 3.63) is 65.7 Å². The van der Waals surface area contributed by atoms with Crippen LogP contribution in [0.15, 0.2) is 54.6 Å². The number of carbonyl (C=O) groups is 1. The lowest BCUT2D eigenvalue weighted by Gasteiger charge is -2.25. The molecule has 0 radical (unpaired) electrons. The summed E-state index contributed by atoms with van der Waals surface area (Å²) >= 11 is 1.56. The molecule has 7 heteroatoms. The minimum atomic E-state index is -0.0875. The van der Waals surface area contributed by atoms with Crippen molar-refractivity contribution in [2.24, 2.45) is 0 Å². The number of hydrogen-bond donors (Lipinski definition) is 0. The van der Waals surface area contributed by atoms with Crippen molar-refractivity contribution in [1.29, 1.82) is 0 Å². The predicted molar refractivity (Wildman–Crippen MR) is 142 cm³/mol. The molecule has 0 fully saturated rings. The highest BCUT2D eigenvalue weighted by Gasteiger charge is 2.25. The number of benzene rings is 3. The first kappa shape index (κ1) is 25.0. The van der Waals surface area contributed by atoms with Crippen LogP contribution < -0.4 is 9.64 Å². The minimum absolute atomic E-state index is 0. The van der Waals surface area contributed by atoms with Gasteiger partial charge in [0.25, 0.3) is 5.91 Å². The molecule has 1 amide bonds. The Balaban J connectivity index is 0.00000306. The van der Waals surface area contributed by atoms with Gasteiger partial charge >= 0.3 is 0 Å². The molecule has 0 N–H and O–H groups in total. The number of likely N-dealkylation sites (N-methyl/N-ethyl adjacent to an activating group) is 1. The Morgan fingerprint density at radius 3 is 2.36 bits per heavy atom. The lowest BCUT2D eigenvalue weighted by Crippen LogP contribution is -2.39. The monoisotopic (exact) mass is 483 g/mol. The average molecular weight is 484 g/mol. The molecule has 4 aromatic rings. The third kappa shape index (κ3) is 5.29. The van der Waals surface area contributed by atoms with Gasteiger partial charge < -0.3 is 9.64 Å². The van der Waals surface area contributed by atoms with Gasteiger partial charge in [0.15, 0.2) is 5.13 Å². The lowest BCUT2D eigenvalue weighted by atomic mass is 10.0. The van der Waals surface area contributed by atoms with E-state index in [2.05, 4.69) is 37.8 Å². The summed E-state index contributed by atoms with van der Waals surface area (Å²) in [6.07, 6.45) is 0. The summed E-state index contributed by atoms with van der Waals surface area (Å²) in [4.78, 5) is 22.8. The van der Waals surface area contributed by atoms with Crippen LogP contribution in [-0.2, 0) is 0 Å². The van der Waals surface area contributed by atoms with Crippen LogP contribution in [-0.4, -0.2) is 49.1 Å². The average Bonchev–Trinajstić information content (AvgIpc) is 3.23. The Labute approximate surface area is 205 Å². The van der Waals surface area contributed by atoms with E-state index in [1.54, 1.807) is 18.4 Å². The molecule has 0 aliphatic heterocycles. The smallest absolute Gasteiger partial charge is 0.263 e. The van der Waals surface area contributed by atoms with Crippen molar-refractivity contribution in [3.63, 3.8) is 0 Å². The topological polar surface area (TPSA) is 45.7 Å². The fourth-order valence-corrected chi connectivity index (χ4v) is 4.99. The van der Waals surface area contributed by atoms with Gasteiger partial charge in [0, 0.05) is 13.1 Å². The predicted octanol–water partition coefficient (Wildman–Crippen LogP) is 6.18. The van der Waals surface area contributed by atoms with Gasteiger partial charge in [-0.1, -0.05) is 55.5 Å². The Morgan fingerprint density at radius 2 is 1.70 bits per heavy atom. The second-order valence-corrected chi connectivity index (χ2v) is 8.86. The molecule has 33 heavy (non-hydrogen) atoms. The number of hydrogen-bond acceptors (Lipinski definition) is 5. The molecule has 1 heterocycles. The first-order valence-corrected chi connectivity index (χ1v) is 11.8. The molecule has 0 atom stereocenters. The Bertz CT molecular complexity index is 1250. The number of thiazole rings is 1. The molecule has 5 nitrogen and oxygen atoms in total. The first-order valence-electron chi connectivity index (χ1n) is 11.0. The molecule has 0 aliphatic rings. The van der Waals surface area contributed by atoms with Gasteiger partial charge in [0.1, 0.15) is 5.75 Å². The molecule has 0 aliphatic carbocycles. The molecule has 1 aromatic heterocycles. The highest BCUT2D eigenvalue weighted by atomic mass is 35.5. The van der Waals surface area contributed by atoms with E-state index in [4.69, 9.17) is 9.72 Å². The summed E-state index contributed by atoms with van der Waals surface area (Å²) in [6.45, 7) is 9.58. The van der Waals surface area contributed by atoms with Crippen LogP contribution in [0, 0.1) is 6.92 Å². The van der Waals surface area contributed by atoms with E-state index in [0.29, 0.717) is 17.9 Å². The zero-order chi connectivity index (χ0) is 22.7. The first-order chi connectivity index (χ1) is 15.5. The number of aromatic nitrogens is 1. The number of amides is 1. The summed E-state index contributed by atoms with van der Waals surface area (Å²) in [5.74, 6) is 0.494. The van der Waals surface area contributed by atoms with E-state index in [-0.39, 0.29) is 18.3 Å². The molecule has 0 spiro atoms. The lowest BCUT2D eigenvalue weighted by molar-refractivity contribution is 0.0981. The number of halogens is 1. The van der Waals surface area contributed by atoms with E-state index in [1.165, 1.54) is 5.56 Å². The van der Waals surface area contributed by atoms with E-state index in [1.807, 2.05) is 47.4 Å². The third-order valence-corrected chi connectivity index (χ3v) is 6.88. The highest BCUT2D eigenvalue weighted by Crippen LogP contribution is 2.33. The molecule has 0 saturated carbocycles. The third-order valence-electron chi connectivity index (χ3n) is 5.84. The molecule has 0 bridgehead atoms. The summed E-state index contributed by atoms with van der Waals surface area (Å²) in [6, 6.07) is 18.1. The number of anilines is 1. The van der Waals surface area contributed by atoms with E-state index in [0.717, 1.165) is 45.8 Å². The second-order valence-electron chi connectivity index (χ2n) is 7.85. The van der Waals surface area contributed by atoms with Crippen LogP contribution >= 0.6 is 23.7 Å². The van der Waals surface area contributed by atoms with Gasteiger partial charge in [-0.2, -0.15) is 0 Å². The van der Waals surface area contributed by atoms with Crippen LogP contribution in [0.25, 0.3) is 21.0 Å². The van der Waals surface area contributed by atoms with E-state index < -0.39 is 0 Å². The SMILES string of the molecule is CCN(CC)CCN(C(=O)c1cc2ccccc2cc1OC)c1nc2ccc(C)cc2s1.Cl. The Kier molecular flexibility index (Phi) is 8.30. The quantitative estimate of drug-likeness (QED) is 0.300. The Hall–Kier alpha value is -2.67. The minimum Gasteiger partial charge on any atom is -0.496 e. The van der Waals surface area contributed by atoms with Crippen LogP contribution in [0.3, 0.4) is 0 Å². The zero-order valence-electron chi connectivity index (χ0n) is 19.5. The largest absolute Gasteiger partial charge is 0.496 e.